The number of pyridine rings is 1. The van der Waals surface area contributed by atoms with Crippen LogP contribution in [-0.4, -0.2) is 12.1 Å². The SMILES string of the molecule is COc1ncc(-c2ccccc2)cc1Cc1cccc(C(F)(F)F)c1. The van der Waals surface area contributed by atoms with Crippen LogP contribution in [0.25, 0.3) is 11.1 Å². The third-order valence-corrected chi connectivity index (χ3v) is 3.87. The monoisotopic (exact) mass is 343 g/mol. The average molecular weight is 343 g/mol. The molecule has 0 atom stereocenters. The summed E-state index contributed by atoms with van der Waals surface area (Å²) in [5.74, 6) is 0.414. The fourth-order valence-electron chi connectivity index (χ4n) is 2.67. The van der Waals surface area contributed by atoms with Gasteiger partial charge < -0.3 is 4.74 Å². The van der Waals surface area contributed by atoms with Crippen molar-refractivity contribution in [3.63, 3.8) is 0 Å². The van der Waals surface area contributed by atoms with Gasteiger partial charge in [0, 0.05) is 23.7 Å². The number of aromatic nitrogens is 1. The summed E-state index contributed by atoms with van der Waals surface area (Å²) in [6, 6.07) is 16.9. The lowest BCUT2D eigenvalue weighted by molar-refractivity contribution is -0.137. The highest BCUT2D eigenvalue weighted by atomic mass is 19.4. The second-order valence-electron chi connectivity index (χ2n) is 5.63. The summed E-state index contributed by atoms with van der Waals surface area (Å²) >= 11 is 0. The minimum atomic E-state index is -4.36. The molecule has 0 fully saturated rings. The first-order valence-corrected chi connectivity index (χ1v) is 7.72. The normalized spacial score (nSPS) is 11.4. The molecule has 0 saturated carbocycles. The van der Waals surface area contributed by atoms with E-state index >= 15 is 0 Å². The Morgan fingerprint density at radius 3 is 2.36 bits per heavy atom. The molecule has 0 amide bonds. The van der Waals surface area contributed by atoms with Crippen molar-refractivity contribution in [1.29, 1.82) is 0 Å². The second-order valence-corrected chi connectivity index (χ2v) is 5.63. The highest BCUT2D eigenvalue weighted by Gasteiger charge is 2.30. The Bertz CT molecular complexity index is 860. The fraction of sp³-hybridized carbons (Fsp3) is 0.150. The molecule has 25 heavy (non-hydrogen) atoms. The maximum Gasteiger partial charge on any atom is 0.416 e. The highest BCUT2D eigenvalue weighted by molar-refractivity contribution is 5.64. The molecule has 0 saturated heterocycles. The zero-order valence-electron chi connectivity index (χ0n) is 13.5. The number of halogens is 3. The number of rotatable bonds is 4. The molecule has 0 aliphatic heterocycles. The van der Waals surface area contributed by atoms with Gasteiger partial charge in [0.25, 0.3) is 0 Å². The van der Waals surface area contributed by atoms with Gasteiger partial charge in [0.2, 0.25) is 5.88 Å². The largest absolute Gasteiger partial charge is 0.481 e. The summed E-state index contributed by atoms with van der Waals surface area (Å²) in [5.41, 5.74) is 2.52. The van der Waals surface area contributed by atoms with Crippen LogP contribution in [-0.2, 0) is 12.6 Å². The van der Waals surface area contributed by atoms with Crippen molar-refractivity contribution in [2.45, 2.75) is 12.6 Å². The number of hydrogen-bond donors (Lipinski definition) is 0. The van der Waals surface area contributed by atoms with Crippen LogP contribution in [0, 0.1) is 0 Å². The molecule has 0 N–H and O–H groups in total. The van der Waals surface area contributed by atoms with Gasteiger partial charge in [-0.25, -0.2) is 4.98 Å². The van der Waals surface area contributed by atoms with Crippen LogP contribution in [0.5, 0.6) is 5.88 Å². The number of ether oxygens (including phenoxy) is 1. The number of nitrogens with zero attached hydrogens (tertiary/aromatic N) is 1. The van der Waals surface area contributed by atoms with Crippen LogP contribution >= 0.6 is 0 Å². The first-order valence-electron chi connectivity index (χ1n) is 7.72. The van der Waals surface area contributed by atoms with Crippen LogP contribution in [0.1, 0.15) is 16.7 Å². The van der Waals surface area contributed by atoms with Crippen LogP contribution in [0.4, 0.5) is 13.2 Å². The van der Waals surface area contributed by atoms with Crippen molar-refractivity contribution < 1.29 is 17.9 Å². The molecule has 1 aromatic heterocycles. The zero-order valence-corrected chi connectivity index (χ0v) is 13.5. The lowest BCUT2D eigenvalue weighted by Gasteiger charge is -2.12. The minimum Gasteiger partial charge on any atom is -0.481 e. The predicted molar refractivity (Wildman–Crippen MR) is 90.5 cm³/mol. The van der Waals surface area contributed by atoms with Crippen molar-refractivity contribution in [3.05, 3.63) is 83.6 Å². The van der Waals surface area contributed by atoms with E-state index in [-0.39, 0.29) is 0 Å². The van der Waals surface area contributed by atoms with E-state index in [1.165, 1.54) is 13.2 Å². The van der Waals surface area contributed by atoms with Gasteiger partial charge in [-0.2, -0.15) is 13.2 Å². The summed E-state index contributed by atoms with van der Waals surface area (Å²) in [5, 5.41) is 0. The van der Waals surface area contributed by atoms with Gasteiger partial charge in [0.15, 0.2) is 0 Å². The Morgan fingerprint density at radius 1 is 0.920 bits per heavy atom. The van der Waals surface area contributed by atoms with Crippen LogP contribution in [0.3, 0.4) is 0 Å². The first-order chi connectivity index (χ1) is 12.0. The van der Waals surface area contributed by atoms with E-state index in [9.17, 15) is 13.2 Å². The average Bonchev–Trinajstić information content (AvgIpc) is 2.62. The number of benzene rings is 2. The van der Waals surface area contributed by atoms with Gasteiger partial charge in [0.1, 0.15) is 0 Å². The van der Waals surface area contributed by atoms with Crippen molar-refractivity contribution in [3.8, 4) is 17.0 Å². The Morgan fingerprint density at radius 2 is 1.68 bits per heavy atom. The zero-order chi connectivity index (χ0) is 17.9. The van der Waals surface area contributed by atoms with Gasteiger partial charge in [-0.15, -0.1) is 0 Å². The maximum absolute atomic E-state index is 12.9. The standard InChI is InChI=1S/C20H16F3NO/c1-25-19-16(10-14-6-5-9-18(11-14)20(21,22)23)12-17(13-24-19)15-7-3-2-4-8-15/h2-9,11-13H,10H2,1H3. The van der Waals surface area contributed by atoms with E-state index in [0.717, 1.165) is 28.8 Å². The molecule has 128 valence electrons. The highest BCUT2D eigenvalue weighted by Crippen LogP contribution is 2.31. The summed E-state index contributed by atoms with van der Waals surface area (Å²) < 4.78 is 44.0. The summed E-state index contributed by atoms with van der Waals surface area (Å²) in [4.78, 5) is 4.30. The molecular formula is C20H16F3NO. The van der Waals surface area contributed by atoms with E-state index in [1.807, 2.05) is 36.4 Å². The summed E-state index contributed by atoms with van der Waals surface area (Å²) in [6.07, 6.45) is -2.35. The third kappa shape index (κ3) is 3.99. The molecule has 0 aliphatic rings. The number of alkyl halides is 3. The Hall–Kier alpha value is -2.82. The molecule has 0 radical (unpaired) electrons. The molecular weight excluding hydrogens is 327 g/mol. The molecule has 3 aromatic rings. The minimum absolute atomic E-state index is 0.306. The van der Waals surface area contributed by atoms with Gasteiger partial charge in [-0.05, 0) is 23.3 Å². The Kier molecular flexibility index (Phi) is 4.74. The lowest BCUT2D eigenvalue weighted by Crippen LogP contribution is -2.05. The second kappa shape index (κ2) is 6.97. The van der Waals surface area contributed by atoms with Crippen molar-refractivity contribution in [2.75, 3.05) is 7.11 Å². The molecule has 0 spiro atoms. The first kappa shape index (κ1) is 17.0. The van der Waals surface area contributed by atoms with Gasteiger partial charge in [0.05, 0.1) is 12.7 Å². The molecule has 0 bridgehead atoms. The Labute approximate surface area is 143 Å². The summed E-state index contributed by atoms with van der Waals surface area (Å²) in [7, 11) is 1.50. The van der Waals surface area contributed by atoms with E-state index in [1.54, 1.807) is 12.3 Å². The number of hydrogen-bond acceptors (Lipinski definition) is 2. The van der Waals surface area contributed by atoms with Crippen LogP contribution in [0.15, 0.2) is 66.9 Å². The lowest BCUT2D eigenvalue weighted by atomic mass is 10.00. The predicted octanol–water partition coefficient (Wildman–Crippen LogP) is 5.37. The molecule has 3 rings (SSSR count). The smallest absolute Gasteiger partial charge is 0.416 e. The van der Waals surface area contributed by atoms with E-state index in [2.05, 4.69) is 4.98 Å². The van der Waals surface area contributed by atoms with Crippen molar-refractivity contribution in [1.82, 2.24) is 4.98 Å². The number of methoxy groups -OCH3 is 1. The molecule has 2 nitrogen and oxygen atoms in total. The van der Waals surface area contributed by atoms with Crippen LogP contribution in [0.2, 0.25) is 0 Å². The molecule has 5 heteroatoms. The maximum atomic E-state index is 12.9. The quantitative estimate of drug-likeness (QED) is 0.636. The van der Waals surface area contributed by atoms with Crippen LogP contribution < -0.4 is 4.74 Å². The Balaban J connectivity index is 1.96. The van der Waals surface area contributed by atoms with Gasteiger partial charge in [-0.3, -0.25) is 0 Å². The summed E-state index contributed by atoms with van der Waals surface area (Å²) in [6.45, 7) is 0. The fourth-order valence-corrected chi connectivity index (χ4v) is 2.67. The molecule has 0 aliphatic carbocycles. The van der Waals surface area contributed by atoms with E-state index < -0.39 is 11.7 Å². The topological polar surface area (TPSA) is 22.1 Å². The van der Waals surface area contributed by atoms with Crippen molar-refractivity contribution in [2.24, 2.45) is 0 Å². The molecule has 1 heterocycles. The molecule has 0 unspecified atom stereocenters. The van der Waals surface area contributed by atoms with Crippen molar-refractivity contribution >= 4 is 0 Å². The van der Waals surface area contributed by atoms with Gasteiger partial charge >= 0.3 is 6.18 Å². The van der Waals surface area contributed by atoms with E-state index in [0.29, 0.717) is 17.9 Å². The van der Waals surface area contributed by atoms with E-state index in [4.69, 9.17) is 4.74 Å². The third-order valence-electron chi connectivity index (χ3n) is 3.87. The van der Waals surface area contributed by atoms with Gasteiger partial charge in [-0.1, -0.05) is 48.5 Å². The molecule has 2 aromatic carbocycles.